The highest BCUT2D eigenvalue weighted by molar-refractivity contribution is 7.99. The molecule has 1 saturated heterocycles. The molecule has 1 atom stereocenters. The van der Waals surface area contributed by atoms with E-state index in [4.69, 9.17) is 11.6 Å². The molecule has 0 bridgehead atoms. The third kappa shape index (κ3) is 2.89. The van der Waals surface area contributed by atoms with Crippen LogP contribution >= 0.6 is 23.4 Å². The minimum atomic E-state index is -0.107. The van der Waals surface area contributed by atoms with Crippen LogP contribution in [0.2, 0.25) is 5.02 Å². The van der Waals surface area contributed by atoms with Gasteiger partial charge in [0.15, 0.2) is 0 Å². The van der Waals surface area contributed by atoms with Crippen molar-refractivity contribution in [3.8, 4) is 0 Å². The van der Waals surface area contributed by atoms with Crippen LogP contribution in [-0.2, 0) is 0 Å². The summed E-state index contributed by atoms with van der Waals surface area (Å²) < 4.78 is 0. The van der Waals surface area contributed by atoms with E-state index in [1.807, 2.05) is 11.8 Å². The molecule has 2 rings (SSSR count). The summed E-state index contributed by atoms with van der Waals surface area (Å²) in [5.74, 6) is 2.85. The summed E-state index contributed by atoms with van der Waals surface area (Å²) in [5, 5.41) is 3.32. The fourth-order valence-corrected chi connectivity index (χ4v) is 3.13. The van der Waals surface area contributed by atoms with E-state index in [0.29, 0.717) is 16.5 Å². The van der Waals surface area contributed by atoms with Crippen molar-refractivity contribution < 1.29 is 4.79 Å². The molecular formula is C11H13ClN2OS. The Morgan fingerprint density at radius 1 is 1.69 bits per heavy atom. The van der Waals surface area contributed by atoms with Gasteiger partial charge in [-0.2, -0.15) is 11.8 Å². The van der Waals surface area contributed by atoms with Crippen molar-refractivity contribution in [3.63, 3.8) is 0 Å². The lowest BCUT2D eigenvalue weighted by Crippen LogP contribution is -2.29. The number of rotatable bonds is 3. The van der Waals surface area contributed by atoms with E-state index in [9.17, 15) is 4.79 Å². The number of carbonyl (C=O) groups is 1. The first-order valence-corrected chi connectivity index (χ1v) is 6.76. The largest absolute Gasteiger partial charge is 0.352 e. The number of nitrogens with zero attached hydrogens (tertiary/aromatic N) is 1. The van der Waals surface area contributed by atoms with Gasteiger partial charge in [0.05, 0.1) is 10.6 Å². The van der Waals surface area contributed by atoms with Gasteiger partial charge in [-0.15, -0.1) is 0 Å². The normalized spacial score (nSPS) is 19.7. The standard InChI is InChI=1S/C11H13ClN2OS/c12-10-6-13-3-1-9(10)11(15)14-5-8-2-4-16-7-8/h1,3,6,8H,2,4-5,7H2,(H,14,15). The molecule has 2 heterocycles. The molecule has 1 aromatic rings. The van der Waals surface area contributed by atoms with Gasteiger partial charge in [0.2, 0.25) is 0 Å². The first-order valence-electron chi connectivity index (χ1n) is 5.23. The number of hydrogen-bond donors (Lipinski definition) is 1. The molecule has 5 heteroatoms. The SMILES string of the molecule is O=C(NCC1CCSC1)c1ccncc1Cl. The van der Waals surface area contributed by atoms with E-state index in [1.165, 1.54) is 18.4 Å². The van der Waals surface area contributed by atoms with Gasteiger partial charge in [-0.3, -0.25) is 9.78 Å². The van der Waals surface area contributed by atoms with Gasteiger partial charge in [0, 0.05) is 18.9 Å². The predicted molar refractivity (Wildman–Crippen MR) is 67.0 cm³/mol. The molecule has 1 N–H and O–H groups in total. The maximum Gasteiger partial charge on any atom is 0.252 e. The number of halogens is 1. The highest BCUT2D eigenvalue weighted by Crippen LogP contribution is 2.22. The molecule has 0 saturated carbocycles. The lowest BCUT2D eigenvalue weighted by Gasteiger charge is -2.10. The zero-order valence-corrected chi connectivity index (χ0v) is 10.4. The van der Waals surface area contributed by atoms with Crippen LogP contribution in [0.5, 0.6) is 0 Å². The predicted octanol–water partition coefficient (Wildman–Crippen LogP) is 2.22. The van der Waals surface area contributed by atoms with Crippen molar-refractivity contribution in [1.29, 1.82) is 0 Å². The van der Waals surface area contributed by atoms with E-state index in [-0.39, 0.29) is 5.91 Å². The Bertz CT molecular complexity index is 380. The molecule has 0 aliphatic carbocycles. The summed E-state index contributed by atoms with van der Waals surface area (Å²) in [5.41, 5.74) is 0.502. The second-order valence-electron chi connectivity index (χ2n) is 3.80. The van der Waals surface area contributed by atoms with Gasteiger partial charge in [0.1, 0.15) is 0 Å². The smallest absolute Gasteiger partial charge is 0.252 e. The number of aromatic nitrogens is 1. The second kappa shape index (κ2) is 5.55. The van der Waals surface area contributed by atoms with Crippen LogP contribution in [0.1, 0.15) is 16.8 Å². The first-order chi connectivity index (χ1) is 7.77. The van der Waals surface area contributed by atoms with Crippen LogP contribution in [0.25, 0.3) is 0 Å². The Hall–Kier alpha value is -0.740. The molecule has 3 nitrogen and oxygen atoms in total. The molecule has 1 unspecified atom stereocenters. The first kappa shape index (κ1) is 11.7. The average molecular weight is 257 g/mol. The highest BCUT2D eigenvalue weighted by atomic mass is 35.5. The van der Waals surface area contributed by atoms with Crippen molar-refractivity contribution in [2.24, 2.45) is 5.92 Å². The summed E-state index contributed by atoms with van der Waals surface area (Å²) >= 11 is 7.83. The molecule has 0 aromatic carbocycles. The van der Waals surface area contributed by atoms with E-state index in [2.05, 4.69) is 10.3 Å². The number of carbonyl (C=O) groups excluding carboxylic acids is 1. The van der Waals surface area contributed by atoms with Crippen molar-refractivity contribution in [2.45, 2.75) is 6.42 Å². The van der Waals surface area contributed by atoms with Gasteiger partial charge in [-0.1, -0.05) is 11.6 Å². The van der Waals surface area contributed by atoms with Crippen molar-refractivity contribution >= 4 is 29.3 Å². The maximum absolute atomic E-state index is 11.8. The van der Waals surface area contributed by atoms with Crippen molar-refractivity contribution in [1.82, 2.24) is 10.3 Å². The fourth-order valence-electron chi connectivity index (χ4n) is 1.64. The Balaban J connectivity index is 1.90. The molecule has 0 spiro atoms. The number of hydrogen-bond acceptors (Lipinski definition) is 3. The molecular weight excluding hydrogens is 244 g/mol. The van der Waals surface area contributed by atoms with Gasteiger partial charge in [-0.05, 0) is 29.9 Å². The minimum Gasteiger partial charge on any atom is -0.352 e. The van der Waals surface area contributed by atoms with Crippen LogP contribution < -0.4 is 5.32 Å². The summed E-state index contributed by atoms with van der Waals surface area (Å²) in [6, 6.07) is 1.64. The van der Waals surface area contributed by atoms with Gasteiger partial charge >= 0.3 is 0 Å². The van der Waals surface area contributed by atoms with Crippen LogP contribution in [0, 0.1) is 5.92 Å². The van der Waals surface area contributed by atoms with Crippen LogP contribution in [-0.4, -0.2) is 28.9 Å². The van der Waals surface area contributed by atoms with Crippen molar-refractivity contribution in [2.75, 3.05) is 18.1 Å². The summed E-state index contributed by atoms with van der Waals surface area (Å²) in [4.78, 5) is 15.6. The van der Waals surface area contributed by atoms with Crippen LogP contribution in [0.3, 0.4) is 0 Å². The average Bonchev–Trinajstić information content (AvgIpc) is 2.79. The van der Waals surface area contributed by atoms with Gasteiger partial charge in [-0.25, -0.2) is 0 Å². The number of amides is 1. The van der Waals surface area contributed by atoms with Crippen LogP contribution in [0.4, 0.5) is 0 Å². The molecule has 1 aromatic heterocycles. The second-order valence-corrected chi connectivity index (χ2v) is 5.35. The molecule has 1 aliphatic rings. The number of thioether (sulfide) groups is 1. The van der Waals surface area contributed by atoms with E-state index in [0.717, 1.165) is 12.3 Å². The zero-order valence-electron chi connectivity index (χ0n) is 8.78. The number of pyridine rings is 1. The van der Waals surface area contributed by atoms with E-state index < -0.39 is 0 Å². The van der Waals surface area contributed by atoms with E-state index >= 15 is 0 Å². The molecule has 0 radical (unpaired) electrons. The maximum atomic E-state index is 11.8. The van der Waals surface area contributed by atoms with E-state index in [1.54, 1.807) is 12.3 Å². The topological polar surface area (TPSA) is 42.0 Å². The number of nitrogens with one attached hydrogen (secondary N) is 1. The Morgan fingerprint density at radius 3 is 3.25 bits per heavy atom. The van der Waals surface area contributed by atoms with Crippen molar-refractivity contribution in [3.05, 3.63) is 29.0 Å². The lowest BCUT2D eigenvalue weighted by molar-refractivity contribution is 0.0948. The Labute approximate surface area is 104 Å². The highest BCUT2D eigenvalue weighted by Gasteiger charge is 2.17. The summed E-state index contributed by atoms with van der Waals surface area (Å²) in [6.45, 7) is 0.741. The quantitative estimate of drug-likeness (QED) is 0.902. The molecule has 1 fully saturated rings. The van der Waals surface area contributed by atoms with Crippen LogP contribution in [0.15, 0.2) is 18.5 Å². The molecule has 1 amide bonds. The third-order valence-corrected chi connectivity index (χ3v) is 4.13. The Morgan fingerprint density at radius 2 is 2.56 bits per heavy atom. The monoisotopic (exact) mass is 256 g/mol. The fraction of sp³-hybridized carbons (Fsp3) is 0.455. The van der Waals surface area contributed by atoms with Gasteiger partial charge in [0.25, 0.3) is 5.91 Å². The Kier molecular flexibility index (Phi) is 4.07. The minimum absolute atomic E-state index is 0.107. The summed E-state index contributed by atoms with van der Waals surface area (Å²) in [6.07, 6.45) is 4.25. The molecule has 16 heavy (non-hydrogen) atoms. The molecule has 86 valence electrons. The third-order valence-electron chi connectivity index (χ3n) is 2.59. The lowest BCUT2D eigenvalue weighted by atomic mass is 10.1. The zero-order chi connectivity index (χ0) is 11.4. The molecule has 1 aliphatic heterocycles. The van der Waals surface area contributed by atoms with Gasteiger partial charge < -0.3 is 5.32 Å². The summed E-state index contributed by atoms with van der Waals surface area (Å²) in [7, 11) is 0.